The molecule has 4 fully saturated rings. The topological polar surface area (TPSA) is 13.0 Å². The number of nitrogens with zero attached hydrogens (tertiary/aromatic N) is 4. The van der Waals surface area contributed by atoms with Crippen molar-refractivity contribution in [2.24, 2.45) is 5.41 Å². The highest BCUT2D eigenvalue weighted by atomic mass is 15.4. The van der Waals surface area contributed by atoms with Crippen molar-refractivity contribution < 1.29 is 0 Å². The van der Waals surface area contributed by atoms with Crippen LogP contribution >= 0.6 is 0 Å². The molecule has 1 spiro atoms. The third-order valence-electron chi connectivity index (χ3n) is 7.58. The van der Waals surface area contributed by atoms with Gasteiger partial charge >= 0.3 is 0 Å². The van der Waals surface area contributed by atoms with Crippen molar-refractivity contribution in [3.8, 4) is 0 Å². The zero-order valence-corrected chi connectivity index (χ0v) is 17.5. The number of piperidine rings is 1. The Bertz CT molecular complexity index is 475. The molecular formula is C21H40N4. The van der Waals surface area contributed by atoms with Gasteiger partial charge in [-0.1, -0.05) is 0 Å². The first kappa shape index (κ1) is 18.2. The second kappa shape index (κ2) is 5.92. The lowest BCUT2D eigenvalue weighted by Crippen LogP contribution is -2.75. The summed E-state index contributed by atoms with van der Waals surface area (Å²) >= 11 is 0. The van der Waals surface area contributed by atoms with E-state index in [0.717, 1.165) is 12.1 Å². The Morgan fingerprint density at radius 1 is 0.640 bits per heavy atom. The normalized spacial score (nSPS) is 31.0. The van der Waals surface area contributed by atoms with E-state index in [4.69, 9.17) is 0 Å². The van der Waals surface area contributed by atoms with Crippen molar-refractivity contribution in [1.82, 2.24) is 19.6 Å². The van der Waals surface area contributed by atoms with Gasteiger partial charge in [-0.2, -0.15) is 0 Å². The second-order valence-electron chi connectivity index (χ2n) is 11.4. The molecule has 25 heavy (non-hydrogen) atoms. The Hall–Kier alpha value is -0.160. The molecule has 0 saturated carbocycles. The summed E-state index contributed by atoms with van der Waals surface area (Å²) < 4.78 is 0. The molecule has 4 nitrogen and oxygen atoms in total. The number of hydrogen-bond acceptors (Lipinski definition) is 4. The Kier molecular flexibility index (Phi) is 4.31. The van der Waals surface area contributed by atoms with Gasteiger partial charge in [0.1, 0.15) is 0 Å². The molecule has 0 aliphatic carbocycles. The molecule has 0 bridgehead atoms. The Morgan fingerprint density at radius 3 is 1.60 bits per heavy atom. The van der Waals surface area contributed by atoms with E-state index in [1.165, 1.54) is 65.2 Å². The van der Waals surface area contributed by atoms with Gasteiger partial charge in [0.2, 0.25) is 0 Å². The van der Waals surface area contributed by atoms with E-state index in [0.29, 0.717) is 16.5 Å². The summed E-state index contributed by atoms with van der Waals surface area (Å²) in [7, 11) is 0. The van der Waals surface area contributed by atoms with E-state index in [9.17, 15) is 0 Å². The zero-order chi connectivity index (χ0) is 18.0. The van der Waals surface area contributed by atoms with Gasteiger partial charge in [0.15, 0.2) is 0 Å². The van der Waals surface area contributed by atoms with Gasteiger partial charge in [-0.3, -0.25) is 19.6 Å². The minimum absolute atomic E-state index is 0.350. The first-order chi connectivity index (χ1) is 11.6. The number of likely N-dealkylation sites (tertiary alicyclic amines) is 4. The molecule has 4 saturated heterocycles. The summed E-state index contributed by atoms with van der Waals surface area (Å²) in [6.07, 6.45) is 2.83. The third-order valence-corrected chi connectivity index (χ3v) is 7.58. The Morgan fingerprint density at radius 2 is 1.12 bits per heavy atom. The largest absolute Gasteiger partial charge is 0.298 e. The molecule has 0 unspecified atom stereocenters. The maximum atomic E-state index is 2.80. The second-order valence-corrected chi connectivity index (χ2v) is 11.4. The highest BCUT2D eigenvalue weighted by Crippen LogP contribution is 2.44. The van der Waals surface area contributed by atoms with E-state index < -0.39 is 0 Å². The van der Waals surface area contributed by atoms with Crippen LogP contribution in [0, 0.1) is 5.41 Å². The van der Waals surface area contributed by atoms with Crippen LogP contribution in [0.2, 0.25) is 0 Å². The minimum Gasteiger partial charge on any atom is -0.298 e. The predicted molar refractivity (Wildman–Crippen MR) is 105 cm³/mol. The first-order valence-corrected chi connectivity index (χ1v) is 10.5. The summed E-state index contributed by atoms with van der Waals surface area (Å²) in [4.78, 5) is 10.8. The fraction of sp³-hybridized carbons (Fsp3) is 1.00. The van der Waals surface area contributed by atoms with Crippen LogP contribution in [0.4, 0.5) is 0 Å². The van der Waals surface area contributed by atoms with E-state index in [1.807, 2.05) is 0 Å². The average Bonchev–Trinajstić information content (AvgIpc) is 2.35. The SMILES string of the molecule is CC(C)(C)N1CCC2(CC1)CN(C1CN(C3CN(C(C)(C)C)C3)C1)C2. The fourth-order valence-corrected chi connectivity index (χ4v) is 5.29. The van der Waals surface area contributed by atoms with Crippen LogP contribution in [0.25, 0.3) is 0 Å². The molecule has 4 aliphatic rings. The standard InChI is InChI=1S/C21H40N4/c1-19(2,3)24-9-7-21(8-10-24)15-23(16-21)17-11-22(12-17)18-13-25(14-18)20(4,5)6/h17-18H,7-16H2,1-6H3. The van der Waals surface area contributed by atoms with Gasteiger partial charge in [-0.25, -0.2) is 0 Å². The van der Waals surface area contributed by atoms with Crippen LogP contribution in [0.15, 0.2) is 0 Å². The van der Waals surface area contributed by atoms with E-state index in [1.54, 1.807) is 0 Å². The Balaban J connectivity index is 1.16. The summed E-state index contributed by atoms with van der Waals surface area (Å²) in [5.41, 5.74) is 1.37. The highest BCUT2D eigenvalue weighted by molar-refractivity contribution is 5.06. The van der Waals surface area contributed by atoms with Gasteiger partial charge in [0.05, 0.1) is 0 Å². The molecule has 4 heterocycles. The maximum absolute atomic E-state index is 2.80. The third kappa shape index (κ3) is 3.40. The molecule has 144 valence electrons. The minimum atomic E-state index is 0.350. The molecule has 0 aromatic carbocycles. The molecule has 4 heteroatoms. The van der Waals surface area contributed by atoms with Gasteiger partial charge < -0.3 is 0 Å². The van der Waals surface area contributed by atoms with Crippen LogP contribution in [0.3, 0.4) is 0 Å². The lowest BCUT2D eigenvalue weighted by Gasteiger charge is -2.62. The highest BCUT2D eigenvalue weighted by Gasteiger charge is 2.51. The van der Waals surface area contributed by atoms with Crippen molar-refractivity contribution in [2.75, 3.05) is 52.4 Å². The van der Waals surface area contributed by atoms with Gasteiger partial charge in [0.25, 0.3) is 0 Å². The molecule has 4 aliphatic heterocycles. The van der Waals surface area contributed by atoms with E-state index >= 15 is 0 Å². The van der Waals surface area contributed by atoms with Gasteiger partial charge in [-0.05, 0) is 72.9 Å². The van der Waals surface area contributed by atoms with E-state index in [2.05, 4.69) is 61.1 Å². The zero-order valence-electron chi connectivity index (χ0n) is 17.5. The monoisotopic (exact) mass is 348 g/mol. The van der Waals surface area contributed by atoms with Crippen LogP contribution in [-0.2, 0) is 0 Å². The van der Waals surface area contributed by atoms with Gasteiger partial charge in [0, 0.05) is 62.4 Å². The smallest absolute Gasteiger partial charge is 0.0352 e. The molecule has 0 radical (unpaired) electrons. The first-order valence-electron chi connectivity index (χ1n) is 10.5. The fourth-order valence-electron chi connectivity index (χ4n) is 5.29. The number of rotatable bonds is 2. The van der Waals surface area contributed by atoms with Crippen molar-refractivity contribution in [1.29, 1.82) is 0 Å². The average molecular weight is 349 g/mol. The summed E-state index contributed by atoms with van der Waals surface area (Å²) in [6, 6.07) is 1.69. The lowest BCUT2D eigenvalue weighted by atomic mass is 9.70. The quantitative estimate of drug-likeness (QED) is 0.759. The van der Waals surface area contributed by atoms with Gasteiger partial charge in [-0.15, -0.1) is 0 Å². The summed E-state index contributed by atoms with van der Waals surface area (Å²) in [5, 5.41) is 0. The predicted octanol–water partition coefficient (Wildman–Crippen LogP) is 2.35. The number of hydrogen-bond donors (Lipinski definition) is 0. The van der Waals surface area contributed by atoms with Crippen molar-refractivity contribution in [3.63, 3.8) is 0 Å². The molecule has 0 aromatic rings. The molecular weight excluding hydrogens is 308 g/mol. The maximum Gasteiger partial charge on any atom is 0.0352 e. The molecule has 4 rings (SSSR count). The van der Waals surface area contributed by atoms with Crippen LogP contribution in [0.5, 0.6) is 0 Å². The van der Waals surface area contributed by atoms with Crippen molar-refractivity contribution >= 4 is 0 Å². The van der Waals surface area contributed by atoms with Crippen LogP contribution in [0.1, 0.15) is 54.4 Å². The van der Waals surface area contributed by atoms with E-state index in [-0.39, 0.29) is 0 Å². The lowest BCUT2D eigenvalue weighted by molar-refractivity contribution is -0.134. The van der Waals surface area contributed by atoms with Crippen molar-refractivity contribution in [2.45, 2.75) is 77.5 Å². The van der Waals surface area contributed by atoms with Crippen molar-refractivity contribution in [3.05, 3.63) is 0 Å². The summed E-state index contributed by atoms with van der Waals surface area (Å²) in [5.74, 6) is 0. The summed E-state index contributed by atoms with van der Waals surface area (Å²) in [6.45, 7) is 24.7. The Labute approximate surface area is 155 Å². The molecule has 0 atom stereocenters. The van der Waals surface area contributed by atoms with Crippen LogP contribution < -0.4 is 0 Å². The molecule has 0 amide bonds. The molecule has 0 aromatic heterocycles. The molecule has 0 N–H and O–H groups in total. The van der Waals surface area contributed by atoms with Crippen LogP contribution in [-0.4, -0.2) is 95.1 Å².